The summed E-state index contributed by atoms with van der Waals surface area (Å²) in [6.45, 7) is 2.04. The van der Waals surface area contributed by atoms with Crippen molar-refractivity contribution in [3.05, 3.63) is 41.0 Å². The van der Waals surface area contributed by atoms with Gasteiger partial charge in [0.2, 0.25) is 11.5 Å². The van der Waals surface area contributed by atoms with Crippen molar-refractivity contribution in [2.24, 2.45) is 0 Å². The van der Waals surface area contributed by atoms with E-state index in [9.17, 15) is 9.90 Å². The Labute approximate surface area is 170 Å². The molecule has 1 aliphatic carbocycles. The molecule has 0 saturated heterocycles. The highest BCUT2D eigenvalue weighted by Crippen LogP contribution is 2.56. The van der Waals surface area contributed by atoms with E-state index in [0.29, 0.717) is 35.8 Å². The molecule has 7 nitrogen and oxygen atoms in total. The van der Waals surface area contributed by atoms with Crippen LogP contribution in [0.4, 0.5) is 0 Å². The lowest BCUT2D eigenvalue weighted by Gasteiger charge is -2.27. The van der Waals surface area contributed by atoms with Crippen LogP contribution in [-0.2, 0) is 27.8 Å². The predicted octanol–water partition coefficient (Wildman–Crippen LogP) is 3.03. The van der Waals surface area contributed by atoms with Crippen LogP contribution >= 0.6 is 0 Å². The molecule has 0 fully saturated rings. The third kappa shape index (κ3) is 3.20. The summed E-state index contributed by atoms with van der Waals surface area (Å²) in [5.74, 6) is 1.62. The Kier molecular flexibility index (Phi) is 5.77. The highest BCUT2D eigenvalue weighted by molar-refractivity contribution is 5.87. The van der Waals surface area contributed by atoms with E-state index in [1.54, 1.807) is 45.4 Å². The minimum atomic E-state index is -0.982. The van der Waals surface area contributed by atoms with Gasteiger partial charge in [0.25, 0.3) is 0 Å². The Bertz CT molecular complexity index is 862. The molecule has 1 aliphatic rings. The van der Waals surface area contributed by atoms with Crippen molar-refractivity contribution >= 4 is 5.97 Å². The minimum absolute atomic E-state index is 0.127. The van der Waals surface area contributed by atoms with E-state index < -0.39 is 5.41 Å². The molecule has 7 heteroatoms. The first-order chi connectivity index (χ1) is 14.0. The Balaban J connectivity index is 2.27. The molecule has 0 radical (unpaired) electrons. The zero-order chi connectivity index (χ0) is 21.2. The highest BCUT2D eigenvalue weighted by atomic mass is 16.5. The molecule has 0 bridgehead atoms. The second-order valence-electron chi connectivity index (χ2n) is 6.79. The van der Waals surface area contributed by atoms with Gasteiger partial charge in [0, 0.05) is 11.1 Å². The van der Waals surface area contributed by atoms with E-state index in [-0.39, 0.29) is 18.3 Å². The summed E-state index contributed by atoms with van der Waals surface area (Å²) < 4.78 is 27.9. The second-order valence-corrected chi connectivity index (χ2v) is 6.79. The lowest BCUT2D eigenvalue weighted by molar-refractivity contribution is -0.149. The first-order valence-electron chi connectivity index (χ1n) is 9.31. The maximum absolute atomic E-state index is 13.2. The second kappa shape index (κ2) is 8.11. The van der Waals surface area contributed by atoms with Gasteiger partial charge in [-0.2, -0.15) is 0 Å². The molecule has 0 spiro atoms. The maximum atomic E-state index is 13.2. The number of ether oxygens (including phenoxy) is 5. The molecular formula is C22H26O7. The predicted molar refractivity (Wildman–Crippen MR) is 106 cm³/mol. The van der Waals surface area contributed by atoms with Crippen LogP contribution < -0.4 is 18.9 Å². The average molecular weight is 402 g/mol. The third-order valence-electron chi connectivity index (χ3n) is 5.39. The molecule has 0 unspecified atom stereocenters. The van der Waals surface area contributed by atoms with Crippen molar-refractivity contribution in [3.63, 3.8) is 0 Å². The van der Waals surface area contributed by atoms with E-state index in [4.69, 9.17) is 23.7 Å². The van der Waals surface area contributed by atoms with E-state index in [2.05, 4.69) is 0 Å². The number of carbonyl (C=O) groups excluding carboxylic acids is 1. The van der Waals surface area contributed by atoms with Crippen LogP contribution in [0.2, 0.25) is 0 Å². The van der Waals surface area contributed by atoms with Crippen LogP contribution in [0, 0.1) is 0 Å². The number of hydrogen-bond donors (Lipinski definition) is 1. The van der Waals surface area contributed by atoms with Gasteiger partial charge in [-0.05, 0) is 37.5 Å². The summed E-state index contributed by atoms with van der Waals surface area (Å²) >= 11 is 0. The molecule has 0 aliphatic heterocycles. The molecule has 0 heterocycles. The van der Waals surface area contributed by atoms with E-state index in [1.807, 2.05) is 0 Å². The zero-order valence-corrected chi connectivity index (χ0v) is 17.3. The molecular weight excluding hydrogens is 376 g/mol. The SMILES string of the molecule is CCOC(=O)C1(c2ccc(O)cc2)Cc2c(c(OC)c(OC)c(OC)c2OC)C1. The summed E-state index contributed by atoms with van der Waals surface area (Å²) in [6.07, 6.45) is 0.678. The van der Waals surface area contributed by atoms with E-state index in [1.165, 1.54) is 14.2 Å². The zero-order valence-electron chi connectivity index (χ0n) is 17.3. The summed E-state index contributed by atoms with van der Waals surface area (Å²) in [5.41, 5.74) is 1.38. The monoisotopic (exact) mass is 402 g/mol. The molecule has 156 valence electrons. The van der Waals surface area contributed by atoms with Gasteiger partial charge in [-0.3, -0.25) is 4.79 Å². The van der Waals surface area contributed by atoms with Crippen molar-refractivity contribution in [1.82, 2.24) is 0 Å². The number of esters is 1. The standard InChI is InChI=1S/C22H26O7/c1-6-29-21(24)22(13-7-9-14(23)10-8-13)11-15-16(12-22)18(26-3)20(28-5)19(27-4)17(15)25-2/h7-10,23H,6,11-12H2,1-5H3. The Morgan fingerprint density at radius 2 is 1.31 bits per heavy atom. The van der Waals surface area contributed by atoms with Crippen LogP contribution in [0.5, 0.6) is 28.7 Å². The smallest absolute Gasteiger partial charge is 0.317 e. The van der Waals surface area contributed by atoms with Crippen molar-refractivity contribution in [2.45, 2.75) is 25.2 Å². The van der Waals surface area contributed by atoms with Crippen LogP contribution in [0.25, 0.3) is 0 Å². The van der Waals surface area contributed by atoms with Gasteiger partial charge in [0.1, 0.15) is 11.2 Å². The summed E-state index contributed by atoms with van der Waals surface area (Å²) in [6, 6.07) is 6.61. The van der Waals surface area contributed by atoms with Gasteiger partial charge < -0.3 is 28.8 Å². The Morgan fingerprint density at radius 3 is 1.69 bits per heavy atom. The van der Waals surface area contributed by atoms with Crippen molar-refractivity contribution in [1.29, 1.82) is 0 Å². The first kappa shape index (κ1) is 20.6. The van der Waals surface area contributed by atoms with Gasteiger partial charge in [-0.15, -0.1) is 0 Å². The number of phenols is 1. The summed E-state index contributed by atoms with van der Waals surface area (Å²) in [4.78, 5) is 13.2. The molecule has 0 aromatic heterocycles. The number of rotatable bonds is 7. The Morgan fingerprint density at radius 1 is 0.862 bits per heavy atom. The number of fused-ring (bicyclic) bond motifs is 1. The van der Waals surface area contributed by atoms with E-state index in [0.717, 1.165) is 16.7 Å². The molecule has 1 N–H and O–H groups in total. The number of benzene rings is 2. The number of carbonyl (C=O) groups is 1. The number of phenolic OH excluding ortho intramolecular Hbond substituents is 1. The van der Waals surface area contributed by atoms with E-state index >= 15 is 0 Å². The third-order valence-corrected chi connectivity index (χ3v) is 5.39. The minimum Gasteiger partial charge on any atom is -0.508 e. The molecule has 29 heavy (non-hydrogen) atoms. The number of hydrogen-bond acceptors (Lipinski definition) is 7. The Hall–Kier alpha value is -3.09. The molecule has 2 aromatic rings. The van der Waals surface area contributed by atoms with Gasteiger partial charge in [-0.1, -0.05) is 12.1 Å². The van der Waals surface area contributed by atoms with Gasteiger partial charge in [0.15, 0.2) is 11.5 Å². The van der Waals surface area contributed by atoms with Crippen LogP contribution in [0.3, 0.4) is 0 Å². The fourth-order valence-corrected chi connectivity index (χ4v) is 4.11. The lowest BCUT2D eigenvalue weighted by Crippen LogP contribution is -2.38. The lowest BCUT2D eigenvalue weighted by atomic mass is 9.77. The molecule has 3 rings (SSSR count). The molecule has 0 atom stereocenters. The topological polar surface area (TPSA) is 83.5 Å². The number of aromatic hydroxyl groups is 1. The van der Waals surface area contributed by atoms with Gasteiger partial charge in [0.05, 0.1) is 35.0 Å². The summed E-state index contributed by atoms with van der Waals surface area (Å²) in [5, 5.41) is 9.71. The highest BCUT2D eigenvalue weighted by Gasteiger charge is 2.50. The van der Waals surface area contributed by atoms with Gasteiger partial charge >= 0.3 is 5.97 Å². The van der Waals surface area contributed by atoms with Crippen LogP contribution in [-0.4, -0.2) is 46.1 Å². The fraction of sp³-hybridized carbons (Fsp3) is 0.409. The molecule has 0 amide bonds. The first-order valence-corrected chi connectivity index (χ1v) is 9.31. The fourth-order valence-electron chi connectivity index (χ4n) is 4.11. The molecule has 2 aromatic carbocycles. The maximum Gasteiger partial charge on any atom is 0.317 e. The number of methoxy groups -OCH3 is 4. The van der Waals surface area contributed by atoms with Crippen molar-refractivity contribution in [2.75, 3.05) is 35.0 Å². The van der Waals surface area contributed by atoms with Crippen LogP contribution in [0.1, 0.15) is 23.6 Å². The quantitative estimate of drug-likeness (QED) is 0.713. The largest absolute Gasteiger partial charge is 0.508 e. The normalized spacial score (nSPS) is 14.1. The molecule has 0 saturated carbocycles. The van der Waals surface area contributed by atoms with Gasteiger partial charge in [-0.25, -0.2) is 0 Å². The van der Waals surface area contributed by atoms with Crippen molar-refractivity contribution < 1.29 is 33.6 Å². The van der Waals surface area contributed by atoms with Crippen molar-refractivity contribution in [3.8, 4) is 28.7 Å². The average Bonchev–Trinajstić information content (AvgIpc) is 3.13. The summed E-state index contributed by atoms with van der Waals surface area (Å²) in [7, 11) is 6.16. The van der Waals surface area contributed by atoms with Crippen LogP contribution in [0.15, 0.2) is 24.3 Å².